The van der Waals surface area contributed by atoms with E-state index in [1.54, 1.807) is 0 Å². The van der Waals surface area contributed by atoms with Gasteiger partial charge < -0.3 is 9.67 Å². The van der Waals surface area contributed by atoms with Crippen molar-refractivity contribution in [3.8, 4) is 84.3 Å². The number of imidazole rings is 1. The van der Waals surface area contributed by atoms with Gasteiger partial charge >= 0.3 is 0 Å². The molecule has 3 heterocycles. The van der Waals surface area contributed by atoms with Gasteiger partial charge in [-0.1, -0.05) is 242 Å². The molecule has 0 amide bonds. The van der Waals surface area contributed by atoms with Crippen molar-refractivity contribution < 1.29 is 26.2 Å². The van der Waals surface area contributed by atoms with Crippen LogP contribution in [0.2, 0.25) is 0 Å². The number of para-hydroxylation sites is 3. The first kappa shape index (κ1) is 59.6. The van der Waals surface area contributed by atoms with E-state index in [1.165, 1.54) is 27.5 Å². The van der Waals surface area contributed by atoms with Crippen molar-refractivity contribution in [2.45, 2.75) is 131 Å². The van der Waals surface area contributed by atoms with Crippen LogP contribution in [0.25, 0.3) is 111 Å². The van der Waals surface area contributed by atoms with Crippen molar-refractivity contribution in [3.63, 3.8) is 0 Å². The van der Waals surface area contributed by atoms with Crippen LogP contribution in [-0.2, 0) is 48.1 Å². The second kappa shape index (κ2) is 22.0. The molecule has 0 aliphatic rings. The van der Waals surface area contributed by atoms with E-state index >= 15 is 0 Å². The van der Waals surface area contributed by atoms with Gasteiger partial charge in [0, 0.05) is 66.2 Å². The van der Waals surface area contributed by atoms with Crippen molar-refractivity contribution in [1.29, 1.82) is 0 Å². The Morgan fingerprint density at radius 2 is 0.977 bits per heavy atom. The van der Waals surface area contributed by atoms with E-state index in [4.69, 9.17) is 9.97 Å². The summed E-state index contributed by atoms with van der Waals surface area (Å²) in [6.07, 6.45) is 1.93. The number of hydrogen-bond acceptors (Lipinski definition) is 3. The Bertz CT molecular complexity index is 4510. The maximum absolute atomic E-state index is 13.0. The van der Waals surface area contributed by atoms with Gasteiger partial charge in [0.25, 0.3) is 0 Å². The van der Waals surface area contributed by atoms with Crippen molar-refractivity contribution >= 4 is 32.8 Å². The first-order chi connectivity index (χ1) is 40.2. The van der Waals surface area contributed by atoms with Crippen LogP contribution in [0.4, 0.5) is 0 Å². The van der Waals surface area contributed by atoms with Crippen LogP contribution in [0.5, 0.6) is 5.75 Å². The number of pyridine rings is 1. The molecule has 0 radical (unpaired) electrons. The summed E-state index contributed by atoms with van der Waals surface area (Å²) in [6, 6.07) is 74.6. The molecule has 5 nitrogen and oxygen atoms in total. The van der Waals surface area contributed by atoms with Crippen LogP contribution in [0.15, 0.2) is 200 Å². The molecule has 0 bridgehead atoms. The van der Waals surface area contributed by atoms with E-state index in [0.717, 1.165) is 100 Å². The fraction of sp³-hybridized carbons (Fsp3) is 0.250. The second-order valence-electron chi connectivity index (χ2n) is 28.5. The normalized spacial score (nSPS) is 12.5. The Labute approximate surface area is 524 Å². The number of fused-ring (bicyclic) bond motifs is 4. The van der Waals surface area contributed by atoms with Crippen LogP contribution in [0.3, 0.4) is 0 Å². The monoisotopic (exact) mass is 1310 g/mol. The minimum atomic E-state index is -0.374. The van der Waals surface area contributed by atoms with E-state index in [-0.39, 0.29) is 53.9 Å². The summed E-state index contributed by atoms with van der Waals surface area (Å²) in [5.41, 5.74) is 21.6. The molecule has 0 atom stereocenters. The van der Waals surface area contributed by atoms with Gasteiger partial charge in [0.2, 0.25) is 0 Å². The molecule has 12 aromatic rings. The SMILES string of the molecule is CC(C)(C)c1cc(-n2c(-c3cc(C(C)(C)C)cc(C(C)(C)C)c3O)nc3c(-c4[c-]c(-c5cc(-c6cccc7c8ccccc8n(-c8ccccc8)c67)ccn5)ccc4)cc(-c4ccc(C(C)(C)C)cc4-c4ccccc4)cc32)cc(C(C)(C)C)c1.[Pt]. The Hall–Kier alpha value is -8.11. The fourth-order valence-electron chi connectivity index (χ4n) is 12.1. The third kappa shape index (κ3) is 11.1. The number of nitrogens with zero attached hydrogens (tertiary/aromatic N) is 4. The molecule has 6 heteroatoms. The average molecular weight is 1310 g/mol. The molecule has 0 aliphatic heterocycles. The quantitative estimate of drug-likeness (QED) is 0.154. The van der Waals surface area contributed by atoms with Gasteiger partial charge in [0.1, 0.15) is 11.6 Å². The van der Waals surface area contributed by atoms with Gasteiger partial charge in [-0.3, -0.25) is 9.55 Å². The molecule has 0 fully saturated rings. The van der Waals surface area contributed by atoms with Gasteiger partial charge in [-0.15, -0.1) is 29.8 Å². The van der Waals surface area contributed by atoms with Crippen LogP contribution in [0, 0.1) is 6.07 Å². The molecule has 0 spiro atoms. The number of aromatic nitrogens is 4. The number of benzene rings is 9. The molecule has 1 N–H and O–H groups in total. The summed E-state index contributed by atoms with van der Waals surface area (Å²) in [5.74, 6) is 0.915. The second-order valence-corrected chi connectivity index (χ2v) is 28.5. The topological polar surface area (TPSA) is 55.9 Å². The fourth-order valence-corrected chi connectivity index (χ4v) is 12.1. The van der Waals surface area contributed by atoms with E-state index in [2.05, 4.69) is 313 Å². The zero-order chi connectivity index (χ0) is 60.1. The number of rotatable bonds is 8. The van der Waals surface area contributed by atoms with Crippen molar-refractivity contribution in [2.24, 2.45) is 0 Å². The first-order valence-corrected chi connectivity index (χ1v) is 30.1. The number of phenols is 1. The third-order valence-corrected chi connectivity index (χ3v) is 17.1. The van der Waals surface area contributed by atoms with Crippen LogP contribution < -0.4 is 0 Å². The number of phenolic OH excluding ortho intramolecular Hbond substituents is 1. The molecule has 0 unspecified atom stereocenters. The van der Waals surface area contributed by atoms with Gasteiger partial charge in [0.15, 0.2) is 0 Å². The Morgan fingerprint density at radius 1 is 0.384 bits per heavy atom. The van der Waals surface area contributed by atoms with E-state index in [9.17, 15) is 5.11 Å². The van der Waals surface area contributed by atoms with E-state index < -0.39 is 0 Å². The van der Waals surface area contributed by atoms with Gasteiger partial charge in [-0.2, -0.15) is 0 Å². The molecule has 9 aromatic carbocycles. The zero-order valence-corrected chi connectivity index (χ0v) is 54.9. The largest absolute Gasteiger partial charge is 0.507 e. The maximum atomic E-state index is 13.0. The van der Waals surface area contributed by atoms with Gasteiger partial charge in [0.05, 0.1) is 27.6 Å². The van der Waals surface area contributed by atoms with E-state index in [1.807, 2.05) is 6.20 Å². The molecule has 0 saturated heterocycles. The smallest absolute Gasteiger partial charge is 0.148 e. The molecule has 436 valence electrons. The summed E-state index contributed by atoms with van der Waals surface area (Å²) in [6.45, 7) is 33.9. The molecule has 86 heavy (non-hydrogen) atoms. The summed E-state index contributed by atoms with van der Waals surface area (Å²) < 4.78 is 4.74. The van der Waals surface area contributed by atoms with Crippen molar-refractivity contribution in [2.75, 3.05) is 0 Å². The van der Waals surface area contributed by atoms with Crippen molar-refractivity contribution in [1.82, 2.24) is 19.1 Å². The van der Waals surface area contributed by atoms with Gasteiger partial charge in [-0.05, 0) is 126 Å². The van der Waals surface area contributed by atoms with Crippen LogP contribution >= 0.6 is 0 Å². The van der Waals surface area contributed by atoms with Crippen LogP contribution in [0.1, 0.15) is 132 Å². The summed E-state index contributed by atoms with van der Waals surface area (Å²) >= 11 is 0. The number of hydrogen-bond donors (Lipinski definition) is 1. The summed E-state index contributed by atoms with van der Waals surface area (Å²) in [7, 11) is 0. The molecule has 12 rings (SSSR count). The zero-order valence-electron chi connectivity index (χ0n) is 52.6. The Kier molecular flexibility index (Phi) is 15.2. The summed E-state index contributed by atoms with van der Waals surface area (Å²) in [5, 5.41) is 15.4. The summed E-state index contributed by atoms with van der Waals surface area (Å²) in [4.78, 5) is 11.0. The molecule has 0 aliphatic carbocycles. The minimum absolute atomic E-state index is 0. The maximum Gasteiger partial charge on any atom is 0.148 e. The average Bonchev–Trinajstić information content (AvgIpc) is 1.74. The van der Waals surface area contributed by atoms with Crippen LogP contribution in [-0.4, -0.2) is 24.2 Å². The Morgan fingerprint density at radius 3 is 1.64 bits per heavy atom. The first-order valence-electron chi connectivity index (χ1n) is 30.1. The molecule has 0 saturated carbocycles. The Balaban J connectivity index is 0.00000768. The standard InChI is InChI=1S/C80H79N4O.Pt/c1-76(2,3)55-36-37-61(65(47-55)50-26-18-16-19-27-50)54-41-66(51-28-24-29-53(40-51)69-42-52(38-39-81-69)62-33-25-34-64-63-32-22-23-35-70(63)83(73(62)64)59-30-20-17-21-31-59)72-71(43-54)84(60-45-56(77(4,5)6)44-57(46-60)78(7,8)9)75(82-72)67-48-58(79(10,11)12)49-68(74(67)85)80(13,14)15;/h16-39,41-49,85H,1-15H3;/q-1;. The predicted molar refractivity (Wildman–Crippen MR) is 360 cm³/mol. The number of aromatic hydroxyl groups is 1. The van der Waals surface area contributed by atoms with Gasteiger partial charge in [-0.25, -0.2) is 4.98 Å². The van der Waals surface area contributed by atoms with E-state index in [0.29, 0.717) is 11.4 Å². The molecular weight excluding hydrogens is 1230 g/mol. The van der Waals surface area contributed by atoms with Crippen molar-refractivity contribution in [3.05, 3.63) is 234 Å². The molecular formula is C80H79N4OPt-. The predicted octanol–water partition coefficient (Wildman–Crippen LogP) is 21.5. The third-order valence-electron chi connectivity index (χ3n) is 17.1. The molecule has 3 aromatic heterocycles. The minimum Gasteiger partial charge on any atom is -0.507 e.